The SMILES string of the molecule is CCNc1nc(C)cc(N2CCN(S(=O)(=O)c3c(C)noc3C)CC2)n1. The zero-order valence-electron chi connectivity index (χ0n) is 15.5. The van der Waals surface area contributed by atoms with Gasteiger partial charge < -0.3 is 14.7 Å². The number of rotatable bonds is 5. The first kappa shape index (κ1) is 18.6. The third kappa shape index (κ3) is 3.51. The summed E-state index contributed by atoms with van der Waals surface area (Å²) in [5, 5.41) is 6.88. The van der Waals surface area contributed by atoms with Gasteiger partial charge in [0.2, 0.25) is 16.0 Å². The third-order valence-electron chi connectivity index (χ3n) is 4.30. The van der Waals surface area contributed by atoms with E-state index >= 15 is 0 Å². The minimum Gasteiger partial charge on any atom is -0.360 e. The number of hydrogen-bond acceptors (Lipinski definition) is 8. The van der Waals surface area contributed by atoms with E-state index in [4.69, 9.17) is 4.52 Å². The number of aromatic nitrogens is 3. The summed E-state index contributed by atoms with van der Waals surface area (Å²) in [5.41, 5.74) is 1.27. The molecule has 2 aromatic heterocycles. The fraction of sp³-hybridized carbons (Fsp3) is 0.562. The molecule has 142 valence electrons. The molecule has 0 aliphatic carbocycles. The molecule has 1 fully saturated rings. The van der Waals surface area contributed by atoms with Crippen LogP contribution in [0.4, 0.5) is 11.8 Å². The first-order valence-electron chi connectivity index (χ1n) is 8.60. The number of aryl methyl sites for hydroxylation is 3. The van der Waals surface area contributed by atoms with Gasteiger partial charge in [0.15, 0.2) is 5.76 Å². The van der Waals surface area contributed by atoms with Crippen LogP contribution in [0, 0.1) is 20.8 Å². The van der Waals surface area contributed by atoms with Crippen molar-refractivity contribution in [3.8, 4) is 0 Å². The maximum Gasteiger partial charge on any atom is 0.248 e. The van der Waals surface area contributed by atoms with Crippen LogP contribution in [0.2, 0.25) is 0 Å². The molecule has 0 saturated carbocycles. The van der Waals surface area contributed by atoms with Gasteiger partial charge in [0.05, 0.1) is 0 Å². The van der Waals surface area contributed by atoms with Gasteiger partial charge in [0.25, 0.3) is 0 Å². The average Bonchev–Trinajstić information content (AvgIpc) is 2.94. The Morgan fingerprint density at radius 1 is 1.15 bits per heavy atom. The third-order valence-corrected chi connectivity index (χ3v) is 6.45. The van der Waals surface area contributed by atoms with Crippen molar-refractivity contribution in [2.75, 3.05) is 42.9 Å². The van der Waals surface area contributed by atoms with E-state index in [1.807, 2.05) is 19.9 Å². The van der Waals surface area contributed by atoms with Gasteiger partial charge in [-0.2, -0.15) is 9.29 Å². The van der Waals surface area contributed by atoms with Crippen molar-refractivity contribution in [1.29, 1.82) is 0 Å². The summed E-state index contributed by atoms with van der Waals surface area (Å²) in [6.07, 6.45) is 0. The molecule has 0 bridgehead atoms. The molecule has 1 aliphatic heterocycles. The predicted molar refractivity (Wildman–Crippen MR) is 97.9 cm³/mol. The molecule has 10 heteroatoms. The second kappa shape index (κ2) is 7.20. The lowest BCUT2D eigenvalue weighted by molar-refractivity contribution is 0.378. The molecule has 3 rings (SSSR count). The zero-order valence-corrected chi connectivity index (χ0v) is 16.3. The number of hydrogen-bond donors (Lipinski definition) is 1. The first-order valence-corrected chi connectivity index (χ1v) is 10.0. The van der Waals surface area contributed by atoms with Crippen molar-refractivity contribution < 1.29 is 12.9 Å². The van der Waals surface area contributed by atoms with Crippen molar-refractivity contribution in [3.05, 3.63) is 23.2 Å². The summed E-state index contributed by atoms with van der Waals surface area (Å²) in [5.74, 6) is 1.72. The lowest BCUT2D eigenvalue weighted by atomic mass is 10.3. The van der Waals surface area contributed by atoms with Crippen LogP contribution in [0.1, 0.15) is 24.1 Å². The molecule has 0 aromatic carbocycles. The molecule has 2 aromatic rings. The van der Waals surface area contributed by atoms with E-state index in [1.165, 1.54) is 4.31 Å². The Labute approximate surface area is 153 Å². The fourth-order valence-electron chi connectivity index (χ4n) is 3.08. The highest BCUT2D eigenvalue weighted by atomic mass is 32.2. The van der Waals surface area contributed by atoms with Gasteiger partial charge in [-0.1, -0.05) is 5.16 Å². The Balaban J connectivity index is 1.75. The average molecular weight is 380 g/mol. The standard InChI is InChI=1S/C16H24N6O3S/c1-5-17-16-18-11(2)10-14(19-16)21-6-8-22(9-7-21)26(23,24)15-12(3)20-25-13(15)4/h10H,5-9H2,1-4H3,(H,17,18,19). The number of nitrogens with zero attached hydrogens (tertiary/aromatic N) is 5. The van der Waals surface area contributed by atoms with Crippen LogP contribution < -0.4 is 10.2 Å². The van der Waals surface area contributed by atoms with E-state index < -0.39 is 10.0 Å². The quantitative estimate of drug-likeness (QED) is 0.828. The molecule has 0 radical (unpaired) electrons. The van der Waals surface area contributed by atoms with E-state index in [0.717, 1.165) is 18.1 Å². The Kier molecular flexibility index (Phi) is 5.15. The Morgan fingerprint density at radius 2 is 1.85 bits per heavy atom. The van der Waals surface area contributed by atoms with Crippen LogP contribution in [0.5, 0.6) is 0 Å². The van der Waals surface area contributed by atoms with E-state index in [9.17, 15) is 8.42 Å². The van der Waals surface area contributed by atoms with E-state index in [-0.39, 0.29) is 4.90 Å². The second-order valence-corrected chi connectivity index (χ2v) is 8.14. The molecule has 0 atom stereocenters. The van der Waals surface area contributed by atoms with Crippen molar-refractivity contribution in [2.45, 2.75) is 32.6 Å². The normalized spacial score (nSPS) is 16.1. The van der Waals surface area contributed by atoms with Crippen LogP contribution in [0.3, 0.4) is 0 Å². The monoisotopic (exact) mass is 380 g/mol. The van der Waals surface area contributed by atoms with Crippen molar-refractivity contribution in [2.24, 2.45) is 0 Å². The molecule has 0 spiro atoms. The van der Waals surface area contributed by atoms with Crippen LogP contribution in [-0.4, -0.2) is 60.6 Å². The molecular weight excluding hydrogens is 356 g/mol. The lowest BCUT2D eigenvalue weighted by Gasteiger charge is -2.34. The van der Waals surface area contributed by atoms with Crippen LogP contribution in [0.25, 0.3) is 0 Å². The summed E-state index contributed by atoms with van der Waals surface area (Å²) in [4.78, 5) is 11.1. The van der Waals surface area contributed by atoms with Gasteiger partial charge in [-0.15, -0.1) is 0 Å². The second-order valence-electron chi connectivity index (χ2n) is 6.27. The Morgan fingerprint density at radius 3 is 2.42 bits per heavy atom. The molecule has 1 N–H and O–H groups in total. The number of piperazine rings is 1. The number of sulfonamides is 1. The maximum atomic E-state index is 12.9. The summed E-state index contributed by atoms with van der Waals surface area (Å²) < 4.78 is 32.3. The summed E-state index contributed by atoms with van der Waals surface area (Å²) >= 11 is 0. The Hall–Kier alpha value is -2.20. The highest BCUT2D eigenvalue weighted by Crippen LogP contribution is 2.25. The maximum absolute atomic E-state index is 12.9. The molecule has 3 heterocycles. The van der Waals surface area contributed by atoms with Gasteiger partial charge in [-0.3, -0.25) is 0 Å². The summed E-state index contributed by atoms with van der Waals surface area (Å²) in [6.45, 7) is 9.80. The zero-order chi connectivity index (χ0) is 18.9. The molecule has 26 heavy (non-hydrogen) atoms. The molecule has 0 amide bonds. The van der Waals surface area contributed by atoms with Crippen LogP contribution in [-0.2, 0) is 10.0 Å². The Bertz CT molecular complexity index is 868. The minimum atomic E-state index is -3.61. The van der Waals surface area contributed by atoms with Gasteiger partial charge >= 0.3 is 0 Å². The molecule has 1 aliphatic rings. The van der Waals surface area contributed by atoms with Crippen molar-refractivity contribution in [1.82, 2.24) is 19.4 Å². The lowest BCUT2D eigenvalue weighted by Crippen LogP contribution is -2.49. The van der Waals surface area contributed by atoms with Gasteiger partial charge in [-0.05, 0) is 27.7 Å². The molecule has 9 nitrogen and oxygen atoms in total. The molecule has 1 saturated heterocycles. The minimum absolute atomic E-state index is 0.179. The van der Waals surface area contributed by atoms with Crippen molar-refractivity contribution >= 4 is 21.8 Å². The van der Waals surface area contributed by atoms with Gasteiger partial charge in [0, 0.05) is 44.5 Å². The van der Waals surface area contributed by atoms with E-state index in [0.29, 0.717) is 43.6 Å². The smallest absolute Gasteiger partial charge is 0.248 e. The van der Waals surface area contributed by atoms with E-state index in [1.54, 1.807) is 13.8 Å². The summed E-state index contributed by atoms with van der Waals surface area (Å²) in [6, 6.07) is 1.92. The first-order chi connectivity index (χ1) is 12.3. The largest absolute Gasteiger partial charge is 0.360 e. The molecule has 0 unspecified atom stereocenters. The predicted octanol–water partition coefficient (Wildman–Crippen LogP) is 1.33. The highest BCUT2D eigenvalue weighted by molar-refractivity contribution is 7.89. The number of anilines is 2. The fourth-order valence-corrected chi connectivity index (χ4v) is 4.79. The summed E-state index contributed by atoms with van der Waals surface area (Å²) in [7, 11) is -3.61. The van der Waals surface area contributed by atoms with Crippen LogP contribution >= 0.6 is 0 Å². The van der Waals surface area contributed by atoms with Gasteiger partial charge in [0.1, 0.15) is 16.4 Å². The van der Waals surface area contributed by atoms with E-state index in [2.05, 4.69) is 25.3 Å². The molecular formula is C16H24N6O3S. The highest BCUT2D eigenvalue weighted by Gasteiger charge is 2.33. The van der Waals surface area contributed by atoms with Crippen LogP contribution in [0.15, 0.2) is 15.5 Å². The number of nitrogens with one attached hydrogen (secondary N) is 1. The van der Waals surface area contributed by atoms with Crippen molar-refractivity contribution in [3.63, 3.8) is 0 Å². The van der Waals surface area contributed by atoms with Gasteiger partial charge in [-0.25, -0.2) is 13.4 Å². The topological polar surface area (TPSA) is 104 Å².